The maximum absolute atomic E-state index is 13.8. The van der Waals surface area contributed by atoms with Crippen molar-refractivity contribution in [2.75, 3.05) is 126 Å². The SMILES string of the molecule is COCCOCCOCCOCCOCCOCCOCCOCCOCCOC(=O)/C=C/c1ccc(-c2nc3c(=O)n(CCc4ccccc4)c(=O)n(CCc4ccccc4)c3[nH]2)cc1. The minimum Gasteiger partial charge on any atom is -0.460 e. The average Bonchev–Trinajstić information content (AvgIpc) is 3.79. The molecule has 5 rings (SSSR count). The number of aromatic nitrogens is 4. The molecule has 0 radical (unpaired) electrons. The summed E-state index contributed by atoms with van der Waals surface area (Å²) in [4.78, 5) is 47.8. The number of rotatable bonds is 36. The molecule has 0 aliphatic rings. The molecule has 0 aliphatic carbocycles. The number of hydrogen-bond donors (Lipinski definition) is 1. The van der Waals surface area contributed by atoms with Gasteiger partial charge in [-0.2, -0.15) is 0 Å². The molecule has 0 unspecified atom stereocenters. The van der Waals surface area contributed by atoms with E-state index in [1.54, 1.807) is 17.8 Å². The summed E-state index contributed by atoms with van der Waals surface area (Å²) in [5.74, 6) is -0.0427. The van der Waals surface area contributed by atoms with E-state index in [9.17, 15) is 14.4 Å². The highest BCUT2D eigenvalue weighted by atomic mass is 16.6. The highest BCUT2D eigenvalue weighted by Crippen LogP contribution is 2.20. The first-order chi connectivity index (χ1) is 32.5. The van der Waals surface area contributed by atoms with Gasteiger partial charge < -0.3 is 52.4 Å². The molecule has 17 nitrogen and oxygen atoms in total. The molecular formula is C49H64N4O13. The number of H-pyrrole nitrogens is 1. The number of ether oxygens (including phenoxy) is 10. The molecule has 17 heteroatoms. The number of nitrogens with zero attached hydrogens (tertiary/aromatic N) is 3. The van der Waals surface area contributed by atoms with Gasteiger partial charge in [-0.1, -0.05) is 84.9 Å². The van der Waals surface area contributed by atoms with Gasteiger partial charge in [0.25, 0.3) is 5.56 Å². The standard InChI is InChI=1S/C49H64N4O13/c1-57-22-23-58-24-25-59-26-27-60-28-29-61-30-31-62-32-33-63-34-35-64-36-37-65-38-39-66-44(54)17-14-42-12-15-43(16-13-42)46-50-45-47(51-46)52(20-18-40-8-4-2-5-9-40)49(56)53(48(45)55)21-19-41-10-6-3-7-11-41/h2-17H,18-39H2,1H3,(H,50,51)/b17-14+. The minimum atomic E-state index is -0.499. The van der Waals surface area contributed by atoms with E-state index in [1.807, 2.05) is 84.9 Å². The molecule has 0 atom stereocenters. The number of benzene rings is 3. The molecule has 1 N–H and O–H groups in total. The normalized spacial score (nSPS) is 11.6. The number of methoxy groups -OCH3 is 1. The first-order valence-corrected chi connectivity index (χ1v) is 22.4. The Kier molecular flexibility index (Phi) is 24.7. The van der Waals surface area contributed by atoms with Crippen LogP contribution in [0.5, 0.6) is 0 Å². The molecule has 3 aromatic carbocycles. The number of aryl methyl sites for hydroxylation is 3. The van der Waals surface area contributed by atoms with Gasteiger partial charge in [0, 0.05) is 31.8 Å². The van der Waals surface area contributed by atoms with Crippen LogP contribution in [0.4, 0.5) is 0 Å². The van der Waals surface area contributed by atoms with E-state index in [1.165, 1.54) is 10.6 Å². The van der Waals surface area contributed by atoms with Gasteiger partial charge >= 0.3 is 11.7 Å². The fraction of sp³-hybridized carbons (Fsp3) is 0.469. The van der Waals surface area contributed by atoms with Crippen LogP contribution in [0.1, 0.15) is 16.7 Å². The summed E-state index contributed by atoms with van der Waals surface area (Å²) >= 11 is 0. The Hall–Kier alpha value is -5.34. The third kappa shape index (κ3) is 19.2. The van der Waals surface area contributed by atoms with E-state index < -0.39 is 11.5 Å². The van der Waals surface area contributed by atoms with Crippen LogP contribution < -0.4 is 11.2 Å². The fourth-order valence-corrected chi connectivity index (χ4v) is 6.43. The van der Waals surface area contributed by atoms with Gasteiger partial charge in [-0.15, -0.1) is 0 Å². The number of aromatic amines is 1. The molecule has 2 aromatic heterocycles. The van der Waals surface area contributed by atoms with Crippen molar-refractivity contribution in [3.8, 4) is 11.4 Å². The van der Waals surface area contributed by atoms with Crippen molar-refractivity contribution in [2.24, 2.45) is 0 Å². The zero-order valence-corrected chi connectivity index (χ0v) is 37.9. The summed E-state index contributed by atoms with van der Waals surface area (Å²) in [6, 6.07) is 27.0. The second-order valence-corrected chi connectivity index (χ2v) is 14.7. The number of fused-ring (bicyclic) bond motifs is 1. The zero-order valence-electron chi connectivity index (χ0n) is 37.9. The Morgan fingerprint density at radius 3 is 1.42 bits per heavy atom. The highest BCUT2D eigenvalue weighted by Gasteiger charge is 2.18. The van der Waals surface area contributed by atoms with Crippen LogP contribution in [0.25, 0.3) is 28.6 Å². The van der Waals surface area contributed by atoms with Crippen LogP contribution in [0, 0.1) is 0 Å². The highest BCUT2D eigenvalue weighted by molar-refractivity contribution is 5.87. The first kappa shape index (κ1) is 51.6. The van der Waals surface area contributed by atoms with E-state index >= 15 is 0 Å². The molecule has 0 aliphatic heterocycles. The van der Waals surface area contributed by atoms with Crippen LogP contribution in [0.2, 0.25) is 0 Å². The Labute approximate surface area is 385 Å². The van der Waals surface area contributed by atoms with E-state index in [2.05, 4.69) is 9.97 Å². The van der Waals surface area contributed by atoms with Crippen LogP contribution in [-0.2, 0) is 78.1 Å². The number of nitrogens with one attached hydrogen (secondary N) is 1. The van der Waals surface area contributed by atoms with Gasteiger partial charge in [-0.3, -0.25) is 13.9 Å². The van der Waals surface area contributed by atoms with Crippen LogP contribution >= 0.6 is 0 Å². The Morgan fingerprint density at radius 2 is 0.970 bits per heavy atom. The number of carbonyl (C=O) groups excluding carboxylic acids is 1. The lowest BCUT2D eigenvalue weighted by atomic mass is 10.1. The Balaban J connectivity index is 0.908. The van der Waals surface area contributed by atoms with Gasteiger partial charge in [0.2, 0.25) is 0 Å². The molecule has 0 spiro atoms. The van der Waals surface area contributed by atoms with Crippen molar-refractivity contribution in [1.82, 2.24) is 19.1 Å². The van der Waals surface area contributed by atoms with Crippen molar-refractivity contribution in [1.29, 1.82) is 0 Å². The molecule has 66 heavy (non-hydrogen) atoms. The van der Waals surface area contributed by atoms with Gasteiger partial charge in [-0.25, -0.2) is 14.6 Å². The van der Waals surface area contributed by atoms with Crippen LogP contribution in [0.3, 0.4) is 0 Å². The van der Waals surface area contributed by atoms with Gasteiger partial charge in [0.05, 0.1) is 112 Å². The largest absolute Gasteiger partial charge is 0.460 e. The Morgan fingerprint density at radius 1 is 0.545 bits per heavy atom. The maximum atomic E-state index is 13.8. The van der Waals surface area contributed by atoms with Crippen LogP contribution in [-0.4, -0.2) is 151 Å². The lowest BCUT2D eigenvalue weighted by Crippen LogP contribution is -2.41. The summed E-state index contributed by atoms with van der Waals surface area (Å²) in [6.07, 6.45) is 4.13. The summed E-state index contributed by atoms with van der Waals surface area (Å²) in [7, 11) is 1.64. The second-order valence-electron chi connectivity index (χ2n) is 14.7. The number of esters is 1. The smallest absolute Gasteiger partial charge is 0.332 e. The molecule has 0 amide bonds. The van der Waals surface area contributed by atoms with Crippen molar-refractivity contribution in [3.63, 3.8) is 0 Å². The van der Waals surface area contributed by atoms with Crippen molar-refractivity contribution >= 4 is 23.2 Å². The van der Waals surface area contributed by atoms with Crippen molar-refractivity contribution in [3.05, 3.63) is 129 Å². The molecule has 0 bridgehead atoms. The van der Waals surface area contributed by atoms with Gasteiger partial charge in [-0.05, 0) is 35.6 Å². The lowest BCUT2D eigenvalue weighted by molar-refractivity contribution is -0.139. The monoisotopic (exact) mass is 916 g/mol. The third-order valence-electron chi connectivity index (χ3n) is 9.90. The predicted octanol–water partition coefficient (Wildman–Crippen LogP) is 4.37. The minimum absolute atomic E-state index is 0.100. The zero-order chi connectivity index (χ0) is 46.3. The summed E-state index contributed by atoms with van der Waals surface area (Å²) in [5.41, 5.74) is 3.34. The second kappa shape index (κ2) is 31.6. The van der Waals surface area contributed by atoms with Gasteiger partial charge in [0.1, 0.15) is 18.1 Å². The summed E-state index contributed by atoms with van der Waals surface area (Å²) < 4.78 is 56.7. The Bertz CT molecular complexity index is 2230. The summed E-state index contributed by atoms with van der Waals surface area (Å²) in [5, 5.41) is 0. The molecule has 0 saturated heterocycles. The van der Waals surface area contributed by atoms with E-state index in [0.717, 1.165) is 16.7 Å². The van der Waals surface area contributed by atoms with Crippen molar-refractivity contribution < 1.29 is 52.2 Å². The van der Waals surface area contributed by atoms with E-state index in [0.29, 0.717) is 142 Å². The molecule has 5 aromatic rings. The van der Waals surface area contributed by atoms with Crippen LogP contribution in [0.15, 0.2) is 101 Å². The predicted molar refractivity (Wildman–Crippen MR) is 249 cm³/mol. The topological polar surface area (TPSA) is 182 Å². The van der Waals surface area contributed by atoms with E-state index in [-0.39, 0.29) is 31.0 Å². The molecule has 0 saturated carbocycles. The average molecular weight is 917 g/mol. The third-order valence-corrected chi connectivity index (χ3v) is 9.90. The molecular weight excluding hydrogens is 853 g/mol. The summed E-state index contributed by atoms with van der Waals surface area (Å²) in [6.45, 7) is 8.61. The van der Waals surface area contributed by atoms with E-state index in [4.69, 9.17) is 47.4 Å². The first-order valence-electron chi connectivity index (χ1n) is 22.4. The lowest BCUT2D eigenvalue weighted by Gasteiger charge is -2.12. The molecule has 2 heterocycles. The van der Waals surface area contributed by atoms with Gasteiger partial charge in [0.15, 0.2) is 5.52 Å². The number of hydrogen-bond acceptors (Lipinski definition) is 14. The maximum Gasteiger partial charge on any atom is 0.332 e. The fourth-order valence-electron chi connectivity index (χ4n) is 6.43. The quantitative estimate of drug-likeness (QED) is 0.0340. The number of imidazole rings is 1. The number of carbonyl (C=O) groups is 1. The van der Waals surface area contributed by atoms with Crippen molar-refractivity contribution in [2.45, 2.75) is 25.9 Å². The molecule has 358 valence electrons. The molecule has 0 fully saturated rings.